The van der Waals surface area contributed by atoms with Crippen LogP contribution >= 0.6 is 11.6 Å². The molecule has 1 N–H and O–H groups in total. The van der Waals surface area contributed by atoms with Crippen LogP contribution in [-0.4, -0.2) is 40.4 Å². The summed E-state index contributed by atoms with van der Waals surface area (Å²) in [5.74, 6) is 0.768. The average molecular weight is 372 g/mol. The normalized spacial score (nSPS) is 19.5. The van der Waals surface area contributed by atoms with Gasteiger partial charge in [-0.15, -0.1) is 0 Å². The molecule has 1 aromatic carbocycles. The second-order valence-corrected chi connectivity index (χ2v) is 7.18. The number of hydrogen-bond acceptors (Lipinski definition) is 5. The van der Waals surface area contributed by atoms with Crippen LogP contribution in [0.2, 0.25) is 5.02 Å². The predicted octanol–water partition coefficient (Wildman–Crippen LogP) is 3.71. The molecule has 0 radical (unpaired) electrons. The van der Waals surface area contributed by atoms with Gasteiger partial charge in [-0.3, -0.25) is 4.79 Å². The van der Waals surface area contributed by atoms with Crippen molar-refractivity contribution in [2.75, 3.05) is 29.9 Å². The SMILES string of the molecule is CCCN1C(=O)c2ccc(Cl)cc2N[C@@H]1c1cnc(N2CCCC2)nc1. The first-order valence-corrected chi connectivity index (χ1v) is 9.49. The fourth-order valence-electron chi connectivity index (χ4n) is 3.61. The minimum Gasteiger partial charge on any atom is -0.361 e. The van der Waals surface area contributed by atoms with Gasteiger partial charge >= 0.3 is 0 Å². The number of carbonyl (C=O) groups is 1. The van der Waals surface area contributed by atoms with Crippen LogP contribution < -0.4 is 10.2 Å². The minimum atomic E-state index is -0.291. The lowest BCUT2D eigenvalue weighted by Gasteiger charge is -2.37. The van der Waals surface area contributed by atoms with E-state index in [9.17, 15) is 4.79 Å². The summed E-state index contributed by atoms with van der Waals surface area (Å²) >= 11 is 6.11. The molecule has 2 aromatic rings. The van der Waals surface area contributed by atoms with Crippen LogP contribution in [0.1, 0.15) is 48.3 Å². The molecular formula is C19H22ClN5O. The first-order chi connectivity index (χ1) is 12.7. The van der Waals surface area contributed by atoms with Gasteiger partial charge in [-0.2, -0.15) is 0 Å². The second kappa shape index (κ2) is 7.11. The van der Waals surface area contributed by atoms with Crippen molar-refractivity contribution in [2.45, 2.75) is 32.4 Å². The van der Waals surface area contributed by atoms with E-state index in [-0.39, 0.29) is 12.1 Å². The summed E-state index contributed by atoms with van der Waals surface area (Å²) < 4.78 is 0. The fraction of sp³-hybridized carbons (Fsp3) is 0.421. The maximum atomic E-state index is 13.0. The minimum absolute atomic E-state index is 0.00545. The van der Waals surface area contributed by atoms with Gasteiger partial charge in [0.05, 0.1) is 11.3 Å². The second-order valence-electron chi connectivity index (χ2n) is 6.75. The summed E-state index contributed by atoms with van der Waals surface area (Å²) in [4.78, 5) is 26.1. The Morgan fingerprint density at radius 2 is 1.96 bits per heavy atom. The topological polar surface area (TPSA) is 61.4 Å². The molecule has 1 amide bonds. The van der Waals surface area contributed by atoms with Gasteiger partial charge in [-0.1, -0.05) is 18.5 Å². The lowest BCUT2D eigenvalue weighted by molar-refractivity contribution is 0.0683. The molecule has 0 bridgehead atoms. The summed E-state index contributed by atoms with van der Waals surface area (Å²) in [6, 6.07) is 5.32. The molecule has 4 rings (SSSR count). The Morgan fingerprint density at radius 1 is 1.23 bits per heavy atom. The Bertz CT molecular complexity index is 804. The van der Waals surface area contributed by atoms with Crippen molar-refractivity contribution < 1.29 is 4.79 Å². The van der Waals surface area contributed by atoms with Crippen LogP contribution in [0.15, 0.2) is 30.6 Å². The van der Waals surface area contributed by atoms with Gasteiger partial charge in [0, 0.05) is 42.6 Å². The van der Waals surface area contributed by atoms with Crippen molar-refractivity contribution in [1.29, 1.82) is 0 Å². The third-order valence-electron chi connectivity index (χ3n) is 4.90. The van der Waals surface area contributed by atoms with Crippen molar-refractivity contribution >= 4 is 29.1 Å². The quantitative estimate of drug-likeness (QED) is 0.887. The van der Waals surface area contributed by atoms with E-state index in [1.165, 1.54) is 12.8 Å². The van der Waals surface area contributed by atoms with Crippen molar-refractivity contribution in [3.05, 3.63) is 46.7 Å². The molecule has 1 fully saturated rings. The Kier molecular flexibility index (Phi) is 4.68. The Labute approximate surface area is 158 Å². The van der Waals surface area contributed by atoms with Crippen molar-refractivity contribution in [3.63, 3.8) is 0 Å². The largest absolute Gasteiger partial charge is 0.361 e. The molecule has 3 heterocycles. The van der Waals surface area contributed by atoms with Crippen LogP contribution in [0.3, 0.4) is 0 Å². The molecule has 136 valence electrons. The average Bonchev–Trinajstić information content (AvgIpc) is 3.19. The van der Waals surface area contributed by atoms with Crippen molar-refractivity contribution in [3.8, 4) is 0 Å². The van der Waals surface area contributed by atoms with E-state index in [1.54, 1.807) is 18.2 Å². The molecule has 26 heavy (non-hydrogen) atoms. The molecule has 1 saturated heterocycles. The molecule has 1 atom stereocenters. The van der Waals surface area contributed by atoms with E-state index in [2.05, 4.69) is 27.1 Å². The number of nitrogens with one attached hydrogen (secondary N) is 1. The first kappa shape index (κ1) is 17.1. The summed E-state index contributed by atoms with van der Waals surface area (Å²) in [7, 11) is 0. The molecule has 6 nitrogen and oxygen atoms in total. The molecule has 1 aromatic heterocycles. The predicted molar refractivity (Wildman–Crippen MR) is 103 cm³/mol. The van der Waals surface area contributed by atoms with Crippen molar-refractivity contribution in [1.82, 2.24) is 14.9 Å². The number of rotatable bonds is 4. The summed E-state index contributed by atoms with van der Waals surface area (Å²) in [6.45, 7) is 4.74. The molecule has 7 heteroatoms. The van der Waals surface area contributed by atoms with E-state index in [0.717, 1.165) is 36.7 Å². The lowest BCUT2D eigenvalue weighted by Crippen LogP contribution is -2.43. The zero-order valence-electron chi connectivity index (χ0n) is 14.8. The number of amides is 1. The number of nitrogens with zero attached hydrogens (tertiary/aromatic N) is 4. The number of benzene rings is 1. The summed E-state index contributed by atoms with van der Waals surface area (Å²) in [5, 5.41) is 4.04. The highest BCUT2D eigenvalue weighted by atomic mass is 35.5. The zero-order chi connectivity index (χ0) is 18.1. The molecular weight excluding hydrogens is 350 g/mol. The maximum Gasteiger partial charge on any atom is 0.257 e. The van der Waals surface area contributed by atoms with E-state index in [4.69, 9.17) is 11.6 Å². The third-order valence-corrected chi connectivity index (χ3v) is 5.14. The highest BCUT2D eigenvalue weighted by Gasteiger charge is 2.33. The molecule has 0 unspecified atom stereocenters. The molecule has 0 saturated carbocycles. The van der Waals surface area contributed by atoms with Gasteiger partial charge in [-0.05, 0) is 37.5 Å². The standard InChI is InChI=1S/C19H22ClN5O/c1-2-7-25-17(23-16-10-14(20)5-6-15(16)18(25)26)13-11-21-19(22-12-13)24-8-3-4-9-24/h5-6,10-12,17,23H,2-4,7-9H2,1H3/t17-/m0/s1. The lowest BCUT2D eigenvalue weighted by atomic mass is 10.0. The Balaban J connectivity index is 1.65. The van der Waals surface area contributed by atoms with E-state index in [0.29, 0.717) is 17.1 Å². The summed E-state index contributed by atoms with van der Waals surface area (Å²) in [5.41, 5.74) is 2.28. The van der Waals surface area contributed by atoms with Gasteiger partial charge in [0.1, 0.15) is 6.17 Å². The third kappa shape index (κ3) is 3.09. The van der Waals surface area contributed by atoms with Gasteiger partial charge in [-0.25, -0.2) is 9.97 Å². The summed E-state index contributed by atoms with van der Waals surface area (Å²) in [6.07, 6.45) is 6.60. The number of aromatic nitrogens is 2. The maximum absolute atomic E-state index is 13.0. The van der Waals surface area contributed by atoms with E-state index < -0.39 is 0 Å². The van der Waals surface area contributed by atoms with Crippen LogP contribution in [0, 0.1) is 0 Å². The number of anilines is 2. The zero-order valence-corrected chi connectivity index (χ0v) is 15.5. The van der Waals surface area contributed by atoms with Crippen LogP contribution in [0.4, 0.5) is 11.6 Å². The Morgan fingerprint density at radius 3 is 2.65 bits per heavy atom. The first-order valence-electron chi connectivity index (χ1n) is 9.11. The van der Waals surface area contributed by atoms with Gasteiger partial charge < -0.3 is 15.1 Å². The molecule has 0 spiro atoms. The van der Waals surface area contributed by atoms with E-state index >= 15 is 0 Å². The number of carbonyl (C=O) groups excluding carboxylic acids is 1. The van der Waals surface area contributed by atoms with Gasteiger partial charge in [0.25, 0.3) is 5.91 Å². The number of hydrogen-bond donors (Lipinski definition) is 1. The Hall–Kier alpha value is -2.34. The number of halogens is 1. The van der Waals surface area contributed by atoms with Crippen LogP contribution in [-0.2, 0) is 0 Å². The van der Waals surface area contributed by atoms with Crippen LogP contribution in [0.5, 0.6) is 0 Å². The number of fused-ring (bicyclic) bond motifs is 1. The molecule has 0 aliphatic carbocycles. The monoisotopic (exact) mass is 371 g/mol. The molecule has 2 aliphatic heterocycles. The van der Waals surface area contributed by atoms with Gasteiger partial charge in [0.2, 0.25) is 5.95 Å². The highest BCUT2D eigenvalue weighted by Crippen LogP contribution is 2.34. The molecule has 2 aliphatic rings. The highest BCUT2D eigenvalue weighted by molar-refractivity contribution is 6.31. The van der Waals surface area contributed by atoms with Crippen molar-refractivity contribution in [2.24, 2.45) is 0 Å². The fourth-order valence-corrected chi connectivity index (χ4v) is 3.78. The van der Waals surface area contributed by atoms with E-state index in [1.807, 2.05) is 17.3 Å². The smallest absolute Gasteiger partial charge is 0.257 e. The van der Waals surface area contributed by atoms with Gasteiger partial charge in [0.15, 0.2) is 0 Å². The van der Waals surface area contributed by atoms with Crippen LogP contribution in [0.25, 0.3) is 0 Å².